The molecule has 0 heterocycles. The smallest absolute Gasteiger partial charge is 0.0496 e. The Labute approximate surface area is 288 Å². The van der Waals surface area contributed by atoms with E-state index >= 15 is 0 Å². The Morgan fingerprint density at radius 2 is 0.628 bits per heavy atom. The summed E-state index contributed by atoms with van der Waals surface area (Å²) in [7, 11) is -4.11. The second-order valence-electron chi connectivity index (χ2n) is 20.3. The van der Waals surface area contributed by atoms with E-state index in [-0.39, 0.29) is 7.43 Å². The van der Waals surface area contributed by atoms with Crippen LogP contribution in [-0.4, -0.2) is 48.4 Å². The summed E-state index contributed by atoms with van der Waals surface area (Å²) in [5, 5.41) is 0.576. The van der Waals surface area contributed by atoms with Crippen LogP contribution in [0.25, 0.3) is 0 Å². The Bertz CT molecular complexity index is 514. The lowest BCUT2D eigenvalue weighted by molar-refractivity contribution is 0.724. The first-order valence-electron chi connectivity index (χ1n) is 18.1. The van der Waals surface area contributed by atoms with E-state index in [0.717, 1.165) is 0 Å². The van der Waals surface area contributed by atoms with Crippen molar-refractivity contribution in [2.24, 2.45) is 0 Å². The average molecular weight is 714 g/mol. The molecule has 0 aliphatic carbocycles. The first-order chi connectivity index (χ1) is 18.1. The van der Waals surface area contributed by atoms with Crippen molar-refractivity contribution >= 4 is 48.4 Å². The molecule has 0 saturated heterocycles. The van der Waals surface area contributed by atoms with Gasteiger partial charge in [0.15, 0.2) is 0 Å². The second kappa shape index (κ2) is 28.3. The van der Waals surface area contributed by atoms with Gasteiger partial charge in [0.2, 0.25) is 0 Å². The van der Waals surface area contributed by atoms with Crippen molar-refractivity contribution in [1.29, 1.82) is 0 Å². The number of unbranched alkanes of at least 4 members (excludes halogenated alkanes) is 1. The summed E-state index contributed by atoms with van der Waals surface area (Å²) >= 11 is 0. The van der Waals surface area contributed by atoms with Crippen molar-refractivity contribution in [3.05, 3.63) is 0 Å². The van der Waals surface area contributed by atoms with Crippen LogP contribution in [0.2, 0.25) is 153 Å². The van der Waals surface area contributed by atoms with E-state index in [2.05, 4.69) is 174 Å². The van der Waals surface area contributed by atoms with E-state index in [0.29, 0.717) is 5.04 Å². The van der Waals surface area contributed by atoms with Gasteiger partial charge in [0, 0.05) is 48.4 Å². The summed E-state index contributed by atoms with van der Waals surface area (Å²) in [5.74, 6) is 0. The lowest BCUT2D eigenvalue weighted by atomic mass is 10.2. The van der Waals surface area contributed by atoms with Crippen molar-refractivity contribution in [3.8, 4) is 0 Å². The lowest BCUT2D eigenvalue weighted by Gasteiger charge is -2.32. The Balaban J connectivity index is -0.0000000725. The molecule has 43 heavy (non-hydrogen) atoms. The summed E-state index contributed by atoms with van der Waals surface area (Å²) in [5.41, 5.74) is 0. The quantitative estimate of drug-likeness (QED) is 0.209. The third kappa shape index (κ3) is 75.4. The SMILES string of the molecule is C.CC(C)(C)[Si](C)(C)C.CCCC[Si](C)(C)C.CCC[Si](C)(C)C.CC[Si](C)(C)C.CC[Si](C)(CC)CC.C[Si](C)(C)C. The molecule has 0 fully saturated rings. The predicted octanol–water partition coefficient (Wildman–Crippen LogP) is 17.0. The summed E-state index contributed by atoms with van der Waals surface area (Å²) in [4.78, 5) is 0. The Morgan fingerprint density at radius 1 is 0.395 bits per heavy atom. The van der Waals surface area contributed by atoms with Crippen LogP contribution in [0.5, 0.6) is 0 Å². The zero-order chi connectivity index (χ0) is 35.9. The van der Waals surface area contributed by atoms with Gasteiger partial charge in [-0.3, -0.25) is 0 Å². The maximum absolute atomic E-state index is 2.49. The molecule has 0 spiro atoms. The van der Waals surface area contributed by atoms with E-state index < -0.39 is 48.4 Å². The third-order valence-corrected chi connectivity index (χ3v) is 23.7. The molecular formula is C37H100Si6. The summed E-state index contributed by atoms with van der Waals surface area (Å²) in [6, 6.07) is 8.77. The molecule has 0 rings (SSSR count). The van der Waals surface area contributed by atoms with E-state index in [1.165, 1.54) is 55.5 Å². The Hall–Kier alpha value is 1.30. The first-order valence-corrected chi connectivity index (χ1v) is 39.9. The van der Waals surface area contributed by atoms with E-state index in [9.17, 15) is 0 Å². The average Bonchev–Trinajstić information content (AvgIpc) is 2.74. The van der Waals surface area contributed by atoms with Gasteiger partial charge in [-0.1, -0.05) is 237 Å². The molecule has 0 saturated carbocycles. The minimum absolute atomic E-state index is 0. The molecule has 0 aromatic carbocycles. The highest BCUT2D eigenvalue weighted by Gasteiger charge is 2.29. The van der Waals surface area contributed by atoms with Gasteiger partial charge in [-0.25, -0.2) is 0 Å². The van der Waals surface area contributed by atoms with Gasteiger partial charge in [0.25, 0.3) is 0 Å². The monoisotopic (exact) mass is 713 g/mol. The molecule has 0 aliphatic rings. The van der Waals surface area contributed by atoms with Crippen LogP contribution in [0.1, 0.15) is 89.0 Å². The van der Waals surface area contributed by atoms with Crippen LogP contribution in [0, 0.1) is 0 Å². The maximum Gasteiger partial charge on any atom is 0.0496 e. The molecule has 0 amide bonds. The molecule has 272 valence electrons. The van der Waals surface area contributed by atoms with Crippen molar-refractivity contribution in [1.82, 2.24) is 0 Å². The van der Waals surface area contributed by atoms with Gasteiger partial charge >= 0.3 is 0 Å². The van der Waals surface area contributed by atoms with E-state index in [1.54, 1.807) is 0 Å². The second-order valence-corrected chi connectivity index (χ2v) is 55.1. The zero-order valence-corrected chi connectivity index (χ0v) is 41.9. The summed E-state index contributed by atoms with van der Waals surface area (Å²) < 4.78 is 0. The van der Waals surface area contributed by atoms with Gasteiger partial charge in [0.1, 0.15) is 0 Å². The zero-order valence-electron chi connectivity index (χ0n) is 35.9. The van der Waals surface area contributed by atoms with Gasteiger partial charge in [0.05, 0.1) is 0 Å². The molecule has 0 aliphatic heterocycles. The largest absolute Gasteiger partial charge is 0.0776 e. The van der Waals surface area contributed by atoms with Crippen LogP contribution in [-0.2, 0) is 0 Å². The molecule has 0 atom stereocenters. The van der Waals surface area contributed by atoms with Gasteiger partial charge in [-0.2, -0.15) is 0 Å². The van der Waals surface area contributed by atoms with Crippen LogP contribution in [0.3, 0.4) is 0 Å². The summed E-state index contributed by atoms with van der Waals surface area (Å²) in [6.07, 6.45) is 4.18. The van der Waals surface area contributed by atoms with Crippen molar-refractivity contribution < 1.29 is 0 Å². The van der Waals surface area contributed by atoms with Gasteiger partial charge in [-0.15, -0.1) is 0 Å². The summed E-state index contributed by atoms with van der Waals surface area (Å²) in [6.45, 7) is 61.5. The highest BCUT2D eigenvalue weighted by Crippen LogP contribution is 2.35. The minimum atomic E-state index is -0.859. The highest BCUT2D eigenvalue weighted by atomic mass is 28.3. The fourth-order valence-electron chi connectivity index (χ4n) is 2.21. The predicted molar refractivity (Wildman–Crippen MR) is 237 cm³/mol. The first kappa shape index (κ1) is 59.7. The van der Waals surface area contributed by atoms with Crippen molar-refractivity contribution in [3.63, 3.8) is 0 Å². The maximum atomic E-state index is 2.49. The molecule has 0 aromatic heterocycles. The van der Waals surface area contributed by atoms with E-state index in [1.807, 2.05) is 0 Å². The van der Waals surface area contributed by atoms with E-state index in [4.69, 9.17) is 0 Å². The fraction of sp³-hybridized carbons (Fsp3) is 1.00. The molecule has 0 radical (unpaired) electrons. The molecule has 0 unspecified atom stereocenters. The number of hydrogen-bond donors (Lipinski definition) is 0. The van der Waals surface area contributed by atoms with Crippen LogP contribution in [0.15, 0.2) is 0 Å². The standard InChI is InChI=1S/3C7H18Si.C6H16Si.C5H14Si.C4H12Si.CH4/c1-7(2,3)8(4,5)6;1-5-6-7-8(2,3)4;1-5-8(4,6-2)7-3;1-5-6-7(2,3)4;1-5-6(2,3)4;1-5(2,3)4;/h1-6H3;2*5-7H2,1-4H3;5-6H2,1-4H3;5H2,1-4H3;1-4H3;1H4. The third-order valence-electron chi connectivity index (χ3n) is 8.15. The molecular weight excluding hydrogens is 613 g/mol. The number of hydrogen-bond acceptors (Lipinski definition) is 0. The number of rotatable bonds is 9. The van der Waals surface area contributed by atoms with Crippen LogP contribution in [0.4, 0.5) is 0 Å². The van der Waals surface area contributed by atoms with Gasteiger partial charge < -0.3 is 0 Å². The molecule has 6 heteroatoms. The molecule has 0 N–H and O–H groups in total. The molecule has 0 aromatic rings. The molecule has 0 nitrogen and oxygen atoms in total. The minimum Gasteiger partial charge on any atom is -0.0776 e. The Kier molecular flexibility index (Phi) is 39.3. The van der Waals surface area contributed by atoms with Crippen LogP contribution < -0.4 is 0 Å². The van der Waals surface area contributed by atoms with Crippen molar-refractivity contribution in [2.45, 2.75) is 242 Å². The van der Waals surface area contributed by atoms with Gasteiger partial charge in [-0.05, 0) is 5.04 Å². The highest BCUT2D eigenvalue weighted by molar-refractivity contribution is 6.79. The lowest BCUT2D eigenvalue weighted by Crippen LogP contribution is -2.32. The Morgan fingerprint density at radius 3 is 0.651 bits per heavy atom. The normalized spacial score (nSPS) is 12.1. The molecule has 0 bridgehead atoms. The topological polar surface area (TPSA) is 0 Å². The van der Waals surface area contributed by atoms with Crippen LogP contribution >= 0.6 is 0 Å². The van der Waals surface area contributed by atoms with Crippen molar-refractivity contribution in [2.75, 3.05) is 0 Å². The fourth-order valence-corrected chi connectivity index (χ4v) is 6.62.